The first-order chi connectivity index (χ1) is 10.3. The summed E-state index contributed by atoms with van der Waals surface area (Å²) in [6, 6.07) is 18.8. The molecular formula is C18H19BN2. The number of rotatable bonds is 2. The summed E-state index contributed by atoms with van der Waals surface area (Å²) in [6.07, 6.45) is 0. The van der Waals surface area contributed by atoms with Crippen LogP contribution >= 0.6 is 0 Å². The molecule has 1 aliphatic rings. The number of fused-ring (bicyclic) bond motifs is 1. The van der Waals surface area contributed by atoms with Gasteiger partial charge >= 0.3 is 6.98 Å². The van der Waals surface area contributed by atoms with Gasteiger partial charge in [-0.2, -0.15) is 0 Å². The minimum Gasteiger partial charge on any atom is -0.384 e. The van der Waals surface area contributed by atoms with Gasteiger partial charge in [0.05, 0.1) is 0 Å². The van der Waals surface area contributed by atoms with E-state index in [-0.39, 0.29) is 6.98 Å². The molecule has 2 nitrogen and oxygen atoms in total. The third-order valence-electron chi connectivity index (χ3n) is 3.89. The van der Waals surface area contributed by atoms with Crippen LogP contribution in [-0.2, 0) is 0 Å². The maximum absolute atomic E-state index is 3.45. The van der Waals surface area contributed by atoms with Crippen molar-refractivity contribution in [3.63, 3.8) is 0 Å². The standard InChI is InChI=1S/C18H19BN2/c1-3-20-17-12-8-9-13-18(17)21(4-2)19(20)15-14-16-10-6-5-7-11-16/h5-13H,3-4H2,1-2H3. The average Bonchev–Trinajstić information content (AvgIpc) is 2.86. The third-order valence-corrected chi connectivity index (χ3v) is 3.89. The maximum Gasteiger partial charge on any atom is 0.466 e. The van der Waals surface area contributed by atoms with Crippen LogP contribution in [0.5, 0.6) is 0 Å². The van der Waals surface area contributed by atoms with Crippen LogP contribution < -0.4 is 9.62 Å². The summed E-state index contributed by atoms with van der Waals surface area (Å²) in [5.41, 5.74) is 3.64. The zero-order valence-corrected chi connectivity index (χ0v) is 12.6. The lowest BCUT2D eigenvalue weighted by atomic mass is 9.74. The van der Waals surface area contributed by atoms with Gasteiger partial charge in [0.25, 0.3) is 0 Å². The molecule has 0 amide bonds. The Labute approximate surface area is 127 Å². The lowest BCUT2D eigenvalue weighted by Gasteiger charge is -2.23. The largest absolute Gasteiger partial charge is 0.466 e. The van der Waals surface area contributed by atoms with E-state index in [9.17, 15) is 0 Å². The van der Waals surface area contributed by atoms with E-state index in [1.165, 1.54) is 11.4 Å². The van der Waals surface area contributed by atoms with E-state index in [0.29, 0.717) is 0 Å². The molecule has 0 spiro atoms. The molecule has 0 aliphatic carbocycles. The maximum atomic E-state index is 3.45. The van der Waals surface area contributed by atoms with Gasteiger partial charge in [0.2, 0.25) is 0 Å². The Hall–Kier alpha value is -2.34. The minimum atomic E-state index is 0.123. The van der Waals surface area contributed by atoms with Crippen LogP contribution in [0.3, 0.4) is 0 Å². The lowest BCUT2D eigenvalue weighted by Crippen LogP contribution is -2.47. The van der Waals surface area contributed by atoms with Crippen LogP contribution in [0.25, 0.3) is 0 Å². The monoisotopic (exact) mass is 274 g/mol. The van der Waals surface area contributed by atoms with E-state index in [1.807, 2.05) is 18.2 Å². The predicted molar refractivity (Wildman–Crippen MR) is 91.6 cm³/mol. The molecule has 1 aliphatic heterocycles. The van der Waals surface area contributed by atoms with Gasteiger partial charge in [0.15, 0.2) is 0 Å². The van der Waals surface area contributed by atoms with Crippen molar-refractivity contribution in [2.75, 3.05) is 22.7 Å². The molecule has 0 N–H and O–H groups in total. The number of hydrogen-bond acceptors (Lipinski definition) is 2. The van der Waals surface area contributed by atoms with Gasteiger partial charge < -0.3 is 9.62 Å². The Morgan fingerprint density at radius 3 is 1.86 bits per heavy atom. The van der Waals surface area contributed by atoms with Gasteiger partial charge in [0, 0.05) is 30.0 Å². The number of nitrogens with zero attached hydrogens (tertiary/aromatic N) is 2. The first-order valence-corrected chi connectivity index (χ1v) is 7.54. The van der Waals surface area contributed by atoms with Crippen molar-refractivity contribution in [3.8, 4) is 11.7 Å². The Kier molecular flexibility index (Phi) is 3.88. The Balaban J connectivity index is 1.97. The zero-order chi connectivity index (χ0) is 14.7. The van der Waals surface area contributed by atoms with Crippen molar-refractivity contribution in [3.05, 3.63) is 60.2 Å². The van der Waals surface area contributed by atoms with E-state index in [4.69, 9.17) is 0 Å². The number of para-hydroxylation sites is 2. The molecular weight excluding hydrogens is 255 g/mol. The van der Waals surface area contributed by atoms with Crippen molar-refractivity contribution in [2.24, 2.45) is 0 Å². The molecule has 0 saturated heterocycles. The normalized spacial score (nSPS) is 13.0. The molecule has 0 fully saturated rings. The van der Waals surface area contributed by atoms with Crippen LogP contribution in [-0.4, -0.2) is 20.1 Å². The summed E-state index contributed by atoms with van der Waals surface area (Å²) in [5.74, 6) is 6.77. The van der Waals surface area contributed by atoms with Crippen LogP contribution in [0.1, 0.15) is 19.4 Å². The second-order valence-corrected chi connectivity index (χ2v) is 5.07. The van der Waals surface area contributed by atoms with Crippen LogP contribution in [0.4, 0.5) is 11.4 Å². The summed E-state index contributed by atoms with van der Waals surface area (Å²) in [5, 5.41) is 0. The van der Waals surface area contributed by atoms with E-state index in [0.717, 1.165) is 18.7 Å². The van der Waals surface area contributed by atoms with Crippen molar-refractivity contribution in [2.45, 2.75) is 13.8 Å². The van der Waals surface area contributed by atoms with E-state index >= 15 is 0 Å². The average molecular weight is 274 g/mol. The number of benzene rings is 2. The molecule has 0 radical (unpaired) electrons. The Morgan fingerprint density at radius 2 is 1.33 bits per heavy atom. The quantitative estimate of drug-likeness (QED) is 0.611. The van der Waals surface area contributed by atoms with E-state index in [2.05, 4.69) is 71.6 Å². The van der Waals surface area contributed by atoms with Crippen molar-refractivity contribution in [1.29, 1.82) is 0 Å². The summed E-state index contributed by atoms with van der Waals surface area (Å²) in [4.78, 5) is 4.74. The van der Waals surface area contributed by atoms with Crippen molar-refractivity contribution < 1.29 is 0 Å². The van der Waals surface area contributed by atoms with Gasteiger partial charge in [-0.15, -0.1) is 0 Å². The molecule has 3 heteroatoms. The van der Waals surface area contributed by atoms with Gasteiger partial charge in [0.1, 0.15) is 0 Å². The third kappa shape index (κ3) is 2.50. The minimum absolute atomic E-state index is 0.123. The second-order valence-electron chi connectivity index (χ2n) is 5.07. The summed E-state index contributed by atoms with van der Waals surface area (Å²) >= 11 is 0. The fourth-order valence-corrected chi connectivity index (χ4v) is 2.89. The highest BCUT2D eigenvalue weighted by molar-refractivity contribution is 6.77. The molecule has 2 aromatic rings. The number of anilines is 2. The lowest BCUT2D eigenvalue weighted by molar-refractivity contribution is 1.06. The zero-order valence-electron chi connectivity index (χ0n) is 12.6. The Morgan fingerprint density at radius 1 is 0.810 bits per heavy atom. The predicted octanol–water partition coefficient (Wildman–Crippen LogP) is 3.43. The number of hydrogen-bond donors (Lipinski definition) is 0. The first kappa shape index (κ1) is 13.6. The van der Waals surface area contributed by atoms with Crippen molar-refractivity contribution >= 4 is 18.4 Å². The molecule has 21 heavy (non-hydrogen) atoms. The highest BCUT2D eigenvalue weighted by atomic mass is 15.3. The summed E-state index contributed by atoms with van der Waals surface area (Å²) < 4.78 is 0. The molecule has 0 unspecified atom stereocenters. The molecule has 0 atom stereocenters. The van der Waals surface area contributed by atoms with E-state index < -0.39 is 0 Å². The first-order valence-electron chi connectivity index (χ1n) is 7.54. The van der Waals surface area contributed by atoms with Gasteiger partial charge in [-0.1, -0.05) is 42.1 Å². The van der Waals surface area contributed by atoms with Gasteiger partial charge in [-0.05, 0) is 38.1 Å². The molecule has 0 bridgehead atoms. The highest BCUT2D eigenvalue weighted by Crippen LogP contribution is 2.37. The van der Waals surface area contributed by atoms with Gasteiger partial charge in [-0.3, -0.25) is 0 Å². The van der Waals surface area contributed by atoms with Crippen molar-refractivity contribution in [1.82, 2.24) is 0 Å². The fraction of sp³-hybridized carbons (Fsp3) is 0.222. The van der Waals surface area contributed by atoms with Gasteiger partial charge in [-0.25, -0.2) is 0 Å². The highest BCUT2D eigenvalue weighted by Gasteiger charge is 2.37. The molecule has 0 saturated carbocycles. The Bertz CT molecular complexity index is 641. The van der Waals surface area contributed by atoms with Crippen LogP contribution in [0.15, 0.2) is 54.6 Å². The fourth-order valence-electron chi connectivity index (χ4n) is 2.89. The molecule has 3 rings (SSSR count). The summed E-state index contributed by atoms with van der Waals surface area (Å²) in [6.45, 7) is 6.42. The molecule has 0 aromatic heterocycles. The van der Waals surface area contributed by atoms with Crippen LogP contribution in [0.2, 0.25) is 0 Å². The molecule has 2 aromatic carbocycles. The second kappa shape index (κ2) is 5.97. The summed E-state index contributed by atoms with van der Waals surface area (Å²) in [7, 11) is 0. The molecule has 1 heterocycles. The van der Waals surface area contributed by atoms with Crippen LogP contribution in [0, 0.1) is 11.7 Å². The smallest absolute Gasteiger partial charge is 0.384 e. The topological polar surface area (TPSA) is 6.48 Å². The van der Waals surface area contributed by atoms with E-state index in [1.54, 1.807) is 0 Å². The SMILES string of the molecule is CCN1B(C#Cc2ccccc2)N(CC)c2ccccc21. The molecule has 104 valence electrons.